The summed E-state index contributed by atoms with van der Waals surface area (Å²) in [5.41, 5.74) is 10.9. The number of carbonyl (C=O) groups excluding carboxylic acids is 1. The Bertz CT molecular complexity index is 1020. The Hall–Kier alpha value is -3.13. The highest BCUT2D eigenvalue weighted by atomic mass is 32.2. The maximum atomic E-state index is 12.5. The zero-order valence-corrected chi connectivity index (χ0v) is 18.4. The predicted octanol–water partition coefficient (Wildman–Crippen LogP) is 4.56. The molecule has 4 N–H and O–H groups in total. The smallest absolute Gasteiger partial charge is 0.234 e. The maximum absolute atomic E-state index is 12.5. The van der Waals surface area contributed by atoms with Crippen molar-refractivity contribution in [1.29, 1.82) is 0 Å². The molecular formula is C22H26N6OS. The number of aryl methyl sites for hydroxylation is 3. The van der Waals surface area contributed by atoms with Gasteiger partial charge in [-0.25, -0.2) is 0 Å². The Kier molecular flexibility index (Phi) is 6.89. The second-order valence-electron chi connectivity index (χ2n) is 7.14. The van der Waals surface area contributed by atoms with E-state index >= 15 is 0 Å². The van der Waals surface area contributed by atoms with Gasteiger partial charge in [0.05, 0.1) is 11.0 Å². The van der Waals surface area contributed by atoms with Gasteiger partial charge in [-0.2, -0.15) is 15.0 Å². The number of hydrogen-bond donors (Lipinski definition) is 3. The highest BCUT2D eigenvalue weighted by molar-refractivity contribution is 8.00. The molecule has 0 radical (unpaired) electrons. The van der Waals surface area contributed by atoms with Crippen molar-refractivity contribution in [2.24, 2.45) is 0 Å². The molecule has 1 unspecified atom stereocenters. The molecule has 0 aliphatic carbocycles. The van der Waals surface area contributed by atoms with Crippen LogP contribution >= 0.6 is 11.8 Å². The molecule has 3 rings (SSSR count). The van der Waals surface area contributed by atoms with Crippen LogP contribution in [0.2, 0.25) is 0 Å². The molecule has 1 atom stereocenters. The number of nitrogens with two attached hydrogens (primary N) is 1. The van der Waals surface area contributed by atoms with Crippen LogP contribution < -0.4 is 16.4 Å². The van der Waals surface area contributed by atoms with E-state index in [2.05, 4.69) is 37.7 Å². The lowest BCUT2D eigenvalue weighted by Gasteiger charge is -2.14. The SMILES string of the molecule is Cc1cc(C)c(NC(=O)CSC(C)c2nc(N)nc(Nc3ccccc3)n2)c(C)c1. The zero-order chi connectivity index (χ0) is 21.7. The molecule has 3 aromatic rings. The number of carbonyl (C=O) groups is 1. The van der Waals surface area contributed by atoms with E-state index < -0.39 is 0 Å². The van der Waals surface area contributed by atoms with Crippen LogP contribution in [0.5, 0.6) is 0 Å². The second-order valence-corrected chi connectivity index (χ2v) is 8.47. The number of nitrogen functional groups attached to an aromatic ring is 1. The summed E-state index contributed by atoms with van der Waals surface area (Å²) in [5.74, 6) is 1.27. The monoisotopic (exact) mass is 422 g/mol. The molecule has 8 heteroatoms. The number of aromatic nitrogens is 3. The number of rotatable bonds is 7. The van der Waals surface area contributed by atoms with Gasteiger partial charge >= 0.3 is 0 Å². The molecule has 0 spiro atoms. The molecule has 0 fully saturated rings. The lowest BCUT2D eigenvalue weighted by molar-refractivity contribution is -0.113. The summed E-state index contributed by atoms with van der Waals surface area (Å²) in [4.78, 5) is 25.3. The number of para-hydroxylation sites is 1. The van der Waals surface area contributed by atoms with Crippen LogP contribution in [0.3, 0.4) is 0 Å². The molecule has 30 heavy (non-hydrogen) atoms. The molecule has 2 aromatic carbocycles. The van der Waals surface area contributed by atoms with Crippen molar-refractivity contribution < 1.29 is 4.79 Å². The van der Waals surface area contributed by atoms with E-state index in [9.17, 15) is 4.79 Å². The lowest BCUT2D eigenvalue weighted by atomic mass is 10.1. The van der Waals surface area contributed by atoms with Crippen molar-refractivity contribution in [3.63, 3.8) is 0 Å². The van der Waals surface area contributed by atoms with Gasteiger partial charge in [-0.05, 0) is 51.0 Å². The first-order chi connectivity index (χ1) is 14.3. The van der Waals surface area contributed by atoms with Crippen molar-refractivity contribution >= 4 is 40.9 Å². The molecule has 0 aliphatic heterocycles. The van der Waals surface area contributed by atoms with Crippen LogP contribution in [0.25, 0.3) is 0 Å². The van der Waals surface area contributed by atoms with Crippen molar-refractivity contribution in [2.75, 3.05) is 22.1 Å². The molecular weight excluding hydrogens is 396 g/mol. The van der Waals surface area contributed by atoms with Crippen molar-refractivity contribution in [1.82, 2.24) is 15.0 Å². The van der Waals surface area contributed by atoms with Gasteiger partial charge in [-0.15, -0.1) is 11.8 Å². The quantitative estimate of drug-likeness (QED) is 0.513. The Morgan fingerprint density at radius 3 is 2.40 bits per heavy atom. The summed E-state index contributed by atoms with van der Waals surface area (Å²) in [6.45, 7) is 7.99. The van der Waals surface area contributed by atoms with Crippen molar-refractivity contribution in [3.05, 3.63) is 65.0 Å². The Balaban J connectivity index is 1.63. The van der Waals surface area contributed by atoms with Crippen molar-refractivity contribution in [2.45, 2.75) is 32.9 Å². The normalized spacial score (nSPS) is 11.7. The summed E-state index contributed by atoms with van der Waals surface area (Å²) in [7, 11) is 0. The number of hydrogen-bond acceptors (Lipinski definition) is 7. The zero-order valence-electron chi connectivity index (χ0n) is 17.6. The molecule has 0 saturated carbocycles. The fraction of sp³-hybridized carbons (Fsp3) is 0.273. The molecule has 156 valence electrons. The Morgan fingerprint density at radius 2 is 1.73 bits per heavy atom. The lowest BCUT2D eigenvalue weighted by Crippen LogP contribution is -2.17. The van der Waals surface area contributed by atoms with Crippen molar-refractivity contribution in [3.8, 4) is 0 Å². The number of benzene rings is 2. The Labute approximate surface area is 180 Å². The first-order valence-corrected chi connectivity index (χ1v) is 10.7. The van der Waals surface area contributed by atoms with Crippen LogP contribution in [0.4, 0.5) is 23.3 Å². The van der Waals surface area contributed by atoms with E-state index in [0.717, 1.165) is 22.5 Å². The van der Waals surface area contributed by atoms with Gasteiger partial charge in [-0.1, -0.05) is 35.9 Å². The number of amides is 1. The number of nitrogens with zero attached hydrogens (tertiary/aromatic N) is 3. The van der Waals surface area contributed by atoms with E-state index in [0.29, 0.717) is 11.8 Å². The van der Waals surface area contributed by atoms with Gasteiger partial charge in [-0.3, -0.25) is 4.79 Å². The predicted molar refractivity (Wildman–Crippen MR) is 124 cm³/mol. The van der Waals surface area contributed by atoms with E-state index in [1.165, 1.54) is 17.3 Å². The average molecular weight is 423 g/mol. The molecule has 0 saturated heterocycles. The van der Waals surface area contributed by atoms with Gasteiger partial charge in [0.1, 0.15) is 5.82 Å². The third-order valence-electron chi connectivity index (χ3n) is 4.47. The molecule has 1 amide bonds. The summed E-state index contributed by atoms with van der Waals surface area (Å²) in [6.07, 6.45) is 0. The number of anilines is 4. The van der Waals surface area contributed by atoms with Gasteiger partial charge in [0.2, 0.25) is 17.8 Å². The van der Waals surface area contributed by atoms with E-state index in [1.807, 2.05) is 58.0 Å². The number of thioether (sulfide) groups is 1. The van der Waals surface area contributed by atoms with Gasteiger partial charge in [0.25, 0.3) is 0 Å². The van der Waals surface area contributed by atoms with Crippen LogP contribution in [0.15, 0.2) is 42.5 Å². The first-order valence-electron chi connectivity index (χ1n) is 9.64. The van der Waals surface area contributed by atoms with E-state index in [4.69, 9.17) is 5.73 Å². The summed E-state index contributed by atoms with van der Waals surface area (Å²) in [5, 5.41) is 6.01. The molecule has 1 aromatic heterocycles. The van der Waals surface area contributed by atoms with E-state index in [1.54, 1.807) is 0 Å². The third-order valence-corrected chi connectivity index (χ3v) is 5.61. The molecule has 1 heterocycles. The fourth-order valence-electron chi connectivity index (χ4n) is 3.13. The summed E-state index contributed by atoms with van der Waals surface area (Å²) >= 11 is 1.45. The van der Waals surface area contributed by atoms with Crippen LogP contribution in [-0.2, 0) is 4.79 Å². The Morgan fingerprint density at radius 1 is 1.07 bits per heavy atom. The summed E-state index contributed by atoms with van der Waals surface area (Å²) in [6, 6.07) is 13.7. The third kappa shape index (κ3) is 5.70. The van der Waals surface area contributed by atoms with Gasteiger partial charge in [0.15, 0.2) is 0 Å². The first kappa shape index (κ1) is 21.6. The van der Waals surface area contributed by atoms with Crippen LogP contribution in [0.1, 0.15) is 34.7 Å². The molecule has 7 nitrogen and oxygen atoms in total. The number of nitrogens with one attached hydrogen (secondary N) is 2. The highest BCUT2D eigenvalue weighted by Crippen LogP contribution is 2.28. The largest absolute Gasteiger partial charge is 0.368 e. The van der Waals surface area contributed by atoms with E-state index in [-0.39, 0.29) is 22.9 Å². The molecule has 0 bridgehead atoms. The summed E-state index contributed by atoms with van der Waals surface area (Å²) < 4.78 is 0. The van der Waals surface area contributed by atoms with Crippen LogP contribution in [-0.4, -0.2) is 26.6 Å². The topological polar surface area (TPSA) is 106 Å². The van der Waals surface area contributed by atoms with Gasteiger partial charge < -0.3 is 16.4 Å². The highest BCUT2D eigenvalue weighted by Gasteiger charge is 2.16. The second kappa shape index (κ2) is 9.58. The standard InChI is InChI=1S/C22H26N6OS/c1-13-10-14(2)19(15(3)11-13)25-18(29)12-30-16(4)20-26-21(23)28-22(27-20)24-17-8-6-5-7-9-17/h5-11,16H,12H2,1-4H3,(H,25,29)(H3,23,24,26,27,28). The average Bonchev–Trinajstić information content (AvgIpc) is 2.69. The maximum Gasteiger partial charge on any atom is 0.234 e. The minimum absolute atomic E-state index is 0.0634. The fourth-order valence-corrected chi connectivity index (χ4v) is 3.85. The van der Waals surface area contributed by atoms with Gasteiger partial charge in [0, 0.05) is 11.4 Å². The minimum atomic E-state index is -0.127. The van der Waals surface area contributed by atoms with Crippen LogP contribution in [0, 0.1) is 20.8 Å². The minimum Gasteiger partial charge on any atom is -0.368 e. The molecule has 0 aliphatic rings.